The summed E-state index contributed by atoms with van der Waals surface area (Å²) in [7, 11) is 0. The van der Waals surface area contributed by atoms with E-state index in [-0.39, 0.29) is 23.9 Å². The normalized spacial score (nSPS) is 13.6. The van der Waals surface area contributed by atoms with E-state index in [2.05, 4.69) is 101 Å². The van der Waals surface area contributed by atoms with Crippen molar-refractivity contribution in [2.45, 2.75) is 60.5 Å². The first-order chi connectivity index (χ1) is 17.9. The standard InChI is InChI=1S/C31H40N6O/c1-18(2)26(32)28-33-16-24(35-28)22-12-8-20(9-13-22)21-10-14-23(15-11-21)25-17-34-29(36-25)27(19(3)4)37-30(38)31(5,6)7/h8-19,26-27H,32H2,1-7H3,(H,33,35)(H,34,36)(H,37,38)/t26-,27-/m0/s1. The summed E-state index contributed by atoms with van der Waals surface area (Å²) in [5, 5.41) is 3.15. The first-order valence-corrected chi connectivity index (χ1v) is 13.3. The van der Waals surface area contributed by atoms with Gasteiger partial charge in [-0.2, -0.15) is 0 Å². The van der Waals surface area contributed by atoms with Crippen molar-refractivity contribution in [3.05, 3.63) is 72.6 Å². The molecule has 0 saturated heterocycles. The van der Waals surface area contributed by atoms with Crippen molar-refractivity contribution in [2.75, 3.05) is 0 Å². The lowest BCUT2D eigenvalue weighted by atomic mass is 9.94. The number of imidazole rings is 2. The molecule has 0 radical (unpaired) electrons. The van der Waals surface area contributed by atoms with Crippen LogP contribution in [-0.2, 0) is 4.79 Å². The molecule has 4 rings (SSSR count). The van der Waals surface area contributed by atoms with E-state index in [1.807, 2.05) is 33.2 Å². The van der Waals surface area contributed by atoms with E-state index in [1.165, 1.54) is 0 Å². The SMILES string of the molecule is CC(C)[C@H](N)c1ncc(-c2ccc(-c3ccc(-c4cnc([C@@H](NC(=O)C(C)(C)C)C(C)C)[nH]4)cc3)cc2)[nH]1. The van der Waals surface area contributed by atoms with E-state index in [0.717, 1.165) is 45.3 Å². The highest BCUT2D eigenvalue weighted by atomic mass is 16.2. The molecular formula is C31H40N6O. The topological polar surface area (TPSA) is 112 Å². The summed E-state index contributed by atoms with van der Waals surface area (Å²) >= 11 is 0. The van der Waals surface area contributed by atoms with E-state index < -0.39 is 5.41 Å². The van der Waals surface area contributed by atoms with Gasteiger partial charge in [0, 0.05) is 5.41 Å². The molecule has 0 aliphatic carbocycles. The van der Waals surface area contributed by atoms with Crippen LogP contribution in [0.15, 0.2) is 60.9 Å². The van der Waals surface area contributed by atoms with Gasteiger partial charge in [0.2, 0.25) is 5.91 Å². The first kappa shape index (κ1) is 27.3. The van der Waals surface area contributed by atoms with Gasteiger partial charge in [-0.25, -0.2) is 9.97 Å². The Bertz CT molecular complexity index is 1360. The lowest BCUT2D eigenvalue weighted by Gasteiger charge is -2.25. The number of amides is 1. The molecular weight excluding hydrogens is 472 g/mol. The van der Waals surface area contributed by atoms with Crippen LogP contribution >= 0.6 is 0 Å². The molecule has 0 aliphatic heterocycles. The van der Waals surface area contributed by atoms with Gasteiger partial charge in [0.1, 0.15) is 11.6 Å². The van der Waals surface area contributed by atoms with Crippen molar-refractivity contribution in [3.8, 4) is 33.6 Å². The Morgan fingerprint density at radius 3 is 1.58 bits per heavy atom. The highest BCUT2D eigenvalue weighted by molar-refractivity contribution is 5.81. The minimum absolute atomic E-state index is 0.0108. The molecule has 200 valence electrons. The van der Waals surface area contributed by atoms with Gasteiger partial charge >= 0.3 is 0 Å². The highest BCUT2D eigenvalue weighted by Gasteiger charge is 2.28. The smallest absolute Gasteiger partial charge is 0.225 e. The average molecular weight is 513 g/mol. The number of rotatable bonds is 8. The first-order valence-electron chi connectivity index (χ1n) is 13.3. The fraction of sp³-hybridized carbons (Fsp3) is 0.387. The molecule has 0 fully saturated rings. The number of H-pyrrole nitrogens is 2. The summed E-state index contributed by atoms with van der Waals surface area (Å²) in [4.78, 5) is 28.5. The minimum atomic E-state index is -0.459. The third-order valence-corrected chi connectivity index (χ3v) is 6.88. The third kappa shape index (κ3) is 6.05. The zero-order valence-electron chi connectivity index (χ0n) is 23.5. The van der Waals surface area contributed by atoms with E-state index in [9.17, 15) is 4.79 Å². The molecule has 2 aromatic carbocycles. The summed E-state index contributed by atoms with van der Waals surface area (Å²) in [5.41, 5.74) is 12.0. The number of hydrogen-bond donors (Lipinski definition) is 4. The molecule has 2 aromatic heterocycles. The molecule has 2 heterocycles. The zero-order chi connectivity index (χ0) is 27.6. The van der Waals surface area contributed by atoms with Crippen LogP contribution in [0.3, 0.4) is 0 Å². The van der Waals surface area contributed by atoms with Crippen LogP contribution in [0.4, 0.5) is 0 Å². The van der Waals surface area contributed by atoms with Crippen LogP contribution in [0.25, 0.3) is 33.6 Å². The van der Waals surface area contributed by atoms with E-state index in [0.29, 0.717) is 5.92 Å². The van der Waals surface area contributed by atoms with Crippen molar-refractivity contribution < 1.29 is 4.79 Å². The van der Waals surface area contributed by atoms with Gasteiger partial charge in [-0.05, 0) is 34.1 Å². The number of benzene rings is 2. The Balaban J connectivity index is 1.48. The van der Waals surface area contributed by atoms with Gasteiger partial charge in [0.05, 0.1) is 35.9 Å². The maximum atomic E-state index is 12.6. The Hall–Kier alpha value is -3.71. The van der Waals surface area contributed by atoms with Crippen LogP contribution in [0, 0.1) is 17.3 Å². The van der Waals surface area contributed by atoms with Crippen LogP contribution < -0.4 is 11.1 Å². The number of aromatic amines is 2. The van der Waals surface area contributed by atoms with Gasteiger partial charge < -0.3 is 21.0 Å². The van der Waals surface area contributed by atoms with Gasteiger partial charge in [-0.1, -0.05) is 97.0 Å². The Kier molecular flexibility index (Phi) is 7.88. The number of hydrogen-bond acceptors (Lipinski definition) is 4. The Labute approximate surface area is 225 Å². The summed E-state index contributed by atoms with van der Waals surface area (Å²) in [6.07, 6.45) is 3.68. The van der Waals surface area contributed by atoms with E-state index >= 15 is 0 Å². The molecule has 5 N–H and O–H groups in total. The number of aromatic nitrogens is 4. The second-order valence-electron chi connectivity index (χ2n) is 11.7. The summed E-state index contributed by atoms with van der Waals surface area (Å²) in [5.74, 6) is 2.11. The number of carbonyl (C=O) groups is 1. The predicted octanol–water partition coefficient (Wildman–Crippen LogP) is 6.65. The van der Waals surface area contributed by atoms with Crippen LogP contribution in [0.1, 0.15) is 72.2 Å². The average Bonchev–Trinajstić information content (AvgIpc) is 3.56. The fourth-order valence-corrected chi connectivity index (χ4v) is 4.20. The van der Waals surface area contributed by atoms with Crippen LogP contribution in [-0.4, -0.2) is 25.8 Å². The molecule has 7 nitrogen and oxygen atoms in total. The molecule has 0 unspecified atom stereocenters. The maximum Gasteiger partial charge on any atom is 0.225 e. The molecule has 7 heteroatoms. The molecule has 0 spiro atoms. The van der Waals surface area contributed by atoms with Crippen molar-refractivity contribution in [3.63, 3.8) is 0 Å². The lowest BCUT2D eigenvalue weighted by molar-refractivity contribution is -0.129. The van der Waals surface area contributed by atoms with Crippen LogP contribution in [0.5, 0.6) is 0 Å². The van der Waals surface area contributed by atoms with Crippen molar-refractivity contribution in [2.24, 2.45) is 23.0 Å². The predicted molar refractivity (Wildman–Crippen MR) is 154 cm³/mol. The fourth-order valence-electron chi connectivity index (χ4n) is 4.20. The van der Waals surface area contributed by atoms with E-state index in [1.54, 1.807) is 0 Å². The molecule has 0 aliphatic rings. The number of carbonyl (C=O) groups excluding carboxylic acids is 1. The zero-order valence-corrected chi connectivity index (χ0v) is 23.5. The largest absolute Gasteiger partial charge is 0.345 e. The maximum absolute atomic E-state index is 12.6. The molecule has 2 atom stereocenters. The van der Waals surface area contributed by atoms with Crippen molar-refractivity contribution >= 4 is 5.91 Å². The van der Waals surface area contributed by atoms with Gasteiger partial charge in [-0.15, -0.1) is 0 Å². The Morgan fingerprint density at radius 1 is 0.737 bits per heavy atom. The quantitative estimate of drug-likeness (QED) is 0.212. The van der Waals surface area contributed by atoms with Gasteiger partial charge in [0.15, 0.2) is 0 Å². The highest BCUT2D eigenvalue weighted by Crippen LogP contribution is 2.29. The van der Waals surface area contributed by atoms with Gasteiger partial charge in [0.25, 0.3) is 0 Å². The molecule has 4 aromatic rings. The molecule has 0 bridgehead atoms. The monoisotopic (exact) mass is 512 g/mol. The summed E-state index contributed by atoms with van der Waals surface area (Å²) < 4.78 is 0. The van der Waals surface area contributed by atoms with Crippen molar-refractivity contribution in [1.82, 2.24) is 25.3 Å². The molecule has 1 amide bonds. The summed E-state index contributed by atoms with van der Waals surface area (Å²) in [6, 6.07) is 16.6. The molecule has 0 saturated carbocycles. The van der Waals surface area contributed by atoms with E-state index in [4.69, 9.17) is 5.73 Å². The summed E-state index contributed by atoms with van der Waals surface area (Å²) in [6.45, 7) is 14.1. The second kappa shape index (κ2) is 11.0. The second-order valence-corrected chi connectivity index (χ2v) is 11.7. The molecule has 38 heavy (non-hydrogen) atoms. The number of nitrogens with zero attached hydrogens (tertiary/aromatic N) is 2. The third-order valence-electron chi connectivity index (χ3n) is 6.88. The Morgan fingerprint density at radius 2 is 1.16 bits per heavy atom. The minimum Gasteiger partial charge on any atom is -0.345 e. The number of nitrogens with two attached hydrogens (primary N) is 1. The van der Waals surface area contributed by atoms with Crippen molar-refractivity contribution in [1.29, 1.82) is 0 Å². The lowest BCUT2D eigenvalue weighted by Crippen LogP contribution is -2.39. The van der Waals surface area contributed by atoms with Crippen LogP contribution in [0.2, 0.25) is 0 Å². The van der Waals surface area contributed by atoms with Gasteiger partial charge in [-0.3, -0.25) is 4.79 Å². The number of nitrogens with one attached hydrogen (secondary N) is 3.